The summed E-state index contributed by atoms with van der Waals surface area (Å²) in [5.41, 5.74) is 5.36. The van der Waals surface area contributed by atoms with Crippen LogP contribution in [0.3, 0.4) is 0 Å². The molecule has 3 rings (SSSR count). The number of thiophene rings is 1. The zero-order valence-corrected chi connectivity index (χ0v) is 16.5. The van der Waals surface area contributed by atoms with Gasteiger partial charge in [-0.05, 0) is 47.8 Å². The summed E-state index contributed by atoms with van der Waals surface area (Å²) in [6.07, 6.45) is 0. The van der Waals surface area contributed by atoms with E-state index in [1.54, 1.807) is 47.8 Å². The standard InChI is InChI=1S/C19H17N3O4S2/c1-22(15-6-3-2-4-7-15)28(25,26)16-11-9-14(10-12-16)18(23)20-21-19(24)17-8-5-13-27-17/h2-13H,1H3,(H,20,23)(H,21,24). The van der Waals surface area contributed by atoms with E-state index in [1.165, 1.54) is 47.0 Å². The van der Waals surface area contributed by atoms with Gasteiger partial charge in [0.25, 0.3) is 21.8 Å². The van der Waals surface area contributed by atoms with Crippen molar-refractivity contribution in [2.45, 2.75) is 4.90 Å². The number of sulfonamides is 1. The summed E-state index contributed by atoms with van der Waals surface area (Å²) in [6, 6.07) is 17.5. The molecule has 0 aliphatic carbocycles. The normalized spacial score (nSPS) is 10.9. The molecule has 0 saturated heterocycles. The summed E-state index contributed by atoms with van der Waals surface area (Å²) in [4.78, 5) is 24.5. The maximum absolute atomic E-state index is 12.7. The van der Waals surface area contributed by atoms with Crippen LogP contribution >= 0.6 is 11.3 Å². The van der Waals surface area contributed by atoms with Gasteiger partial charge in [0, 0.05) is 12.6 Å². The lowest BCUT2D eigenvalue weighted by Gasteiger charge is -2.19. The summed E-state index contributed by atoms with van der Waals surface area (Å²) >= 11 is 1.25. The van der Waals surface area contributed by atoms with Crippen molar-refractivity contribution >= 4 is 38.9 Å². The third kappa shape index (κ3) is 4.21. The van der Waals surface area contributed by atoms with Crippen LogP contribution in [0.15, 0.2) is 77.0 Å². The molecule has 3 aromatic rings. The Bertz CT molecular complexity index is 1060. The highest BCUT2D eigenvalue weighted by Crippen LogP contribution is 2.21. The highest BCUT2D eigenvalue weighted by molar-refractivity contribution is 7.92. The second-order valence-electron chi connectivity index (χ2n) is 5.72. The van der Waals surface area contributed by atoms with E-state index in [4.69, 9.17) is 0 Å². The lowest BCUT2D eigenvalue weighted by Crippen LogP contribution is -2.41. The van der Waals surface area contributed by atoms with Gasteiger partial charge in [-0.3, -0.25) is 24.7 Å². The number of carbonyl (C=O) groups is 2. The molecule has 0 saturated carbocycles. The number of anilines is 1. The number of nitrogens with zero attached hydrogens (tertiary/aromatic N) is 1. The van der Waals surface area contributed by atoms with E-state index in [1.807, 2.05) is 0 Å². The number of benzene rings is 2. The Morgan fingerprint density at radius 3 is 2.11 bits per heavy atom. The molecule has 144 valence electrons. The number of carbonyl (C=O) groups excluding carboxylic acids is 2. The number of hydrogen-bond donors (Lipinski definition) is 2. The molecular weight excluding hydrogens is 398 g/mol. The van der Waals surface area contributed by atoms with Crippen LogP contribution in [0.2, 0.25) is 0 Å². The first-order valence-electron chi connectivity index (χ1n) is 8.18. The number of rotatable bonds is 5. The quantitative estimate of drug-likeness (QED) is 0.626. The van der Waals surface area contributed by atoms with Crippen LogP contribution < -0.4 is 15.2 Å². The van der Waals surface area contributed by atoms with Crippen molar-refractivity contribution in [2.24, 2.45) is 0 Å². The van der Waals surface area contributed by atoms with Gasteiger partial charge < -0.3 is 0 Å². The van der Waals surface area contributed by atoms with Crippen LogP contribution in [0.4, 0.5) is 5.69 Å². The average Bonchev–Trinajstić information content (AvgIpc) is 3.27. The Morgan fingerprint density at radius 1 is 0.857 bits per heavy atom. The molecule has 0 unspecified atom stereocenters. The molecule has 9 heteroatoms. The second-order valence-corrected chi connectivity index (χ2v) is 8.63. The Balaban J connectivity index is 1.68. The largest absolute Gasteiger partial charge is 0.279 e. The van der Waals surface area contributed by atoms with E-state index in [2.05, 4.69) is 10.9 Å². The summed E-state index contributed by atoms with van der Waals surface area (Å²) in [6.45, 7) is 0. The monoisotopic (exact) mass is 415 g/mol. The van der Waals surface area contributed by atoms with E-state index in [0.29, 0.717) is 10.6 Å². The minimum atomic E-state index is -3.76. The summed E-state index contributed by atoms with van der Waals surface area (Å²) < 4.78 is 26.6. The Kier molecular flexibility index (Phi) is 5.76. The average molecular weight is 415 g/mol. The van der Waals surface area contributed by atoms with E-state index in [9.17, 15) is 18.0 Å². The molecular formula is C19H17N3O4S2. The Morgan fingerprint density at radius 2 is 1.50 bits per heavy atom. The fourth-order valence-electron chi connectivity index (χ4n) is 2.37. The molecule has 0 atom stereocenters. The number of nitrogens with one attached hydrogen (secondary N) is 2. The van der Waals surface area contributed by atoms with E-state index < -0.39 is 21.8 Å². The van der Waals surface area contributed by atoms with Crippen molar-refractivity contribution in [2.75, 3.05) is 11.4 Å². The minimum Gasteiger partial charge on any atom is -0.269 e. The summed E-state index contributed by atoms with van der Waals surface area (Å²) in [5.74, 6) is -0.975. The number of para-hydroxylation sites is 1. The molecule has 2 N–H and O–H groups in total. The van der Waals surface area contributed by atoms with Gasteiger partial charge >= 0.3 is 0 Å². The highest BCUT2D eigenvalue weighted by Gasteiger charge is 2.21. The van der Waals surface area contributed by atoms with Crippen LogP contribution in [-0.4, -0.2) is 27.3 Å². The molecule has 0 spiro atoms. The third-order valence-corrected chi connectivity index (χ3v) is 6.60. The minimum absolute atomic E-state index is 0.0537. The van der Waals surface area contributed by atoms with Gasteiger partial charge in [-0.15, -0.1) is 11.3 Å². The van der Waals surface area contributed by atoms with Crippen molar-refractivity contribution in [3.63, 3.8) is 0 Å². The first-order valence-corrected chi connectivity index (χ1v) is 10.5. The van der Waals surface area contributed by atoms with Crippen LogP contribution in [0, 0.1) is 0 Å². The lowest BCUT2D eigenvalue weighted by molar-refractivity contribution is 0.0849. The first kappa shape index (κ1) is 19.6. The van der Waals surface area contributed by atoms with Crippen LogP contribution in [0.5, 0.6) is 0 Å². The molecule has 0 fully saturated rings. The number of hydrazine groups is 1. The topological polar surface area (TPSA) is 95.6 Å². The highest BCUT2D eigenvalue weighted by atomic mass is 32.2. The first-order chi connectivity index (χ1) is 13.4. The molecule has 1 heterocycles. The van der Waals surface area contributed by atoms with Crippen molar-refractivity contribution in [3.8, 4) is 0 Å². The van der Waals surface area contributed by atoms with E-state index in [-0.39, 0.29) is 10.5 Å². The fourth-order valence-corrected chi connectivity index (χ4v) is 4.18. The zero-order valence-electron chi connectivity index (χ0n) is 14.8. The van der Waals surface area contributed by atoms with Gasteiger partial charge in [0.15, 0.2) is 0 Å². The van der Waals surface area contributed by atoms with Crippen LogP contribution in [0.1, 0.15) is 20.0 Å². The van der Waals surface area contributed by atoms with Gasteiger partial charge in [0.2, 0.25) is 0 Å². The number of hydrogen-bond acceptors (Lipinski definition) is 5. The number of amides is 2. The molecule has 2 aromatic carbocycles. The maximum atomic E-state index is 12.7. The smallest absolute Gasteiger partial charge is 0.269 e. The molecule has 0 aliphatic rings. The molecule has 0 aliphatic heterocycles. The summed E-state index contributed by atoms with van der Waals surface area (Å²) in [7, 11) is -2.29. The molecule has 0 radical (unpaired) electrons. The predicted octanol–water partition coefficient (Wildman–Crippen LogP) is 2.65. The van der Waals surface area contributed by atoms with Crippen LogP contribution in [0.25, 0.3) is 0 Å². The van der Waals surface area contributed by atoms with Gasteiger partial charge in [-0.2, -0.15) is 0 Å². The predicted molar refractivity (Wildman–Crippen MR) is 108 cm³/mol. The van der Waals surface area contributed by atoms with E-state index in [0.717, 1.165) is 0 Å². The molecule has 1 aromatic heterocycles. The van der Waals surface area contributed by atoms with Crippen LogP contribution in [-0.2, 0) is 10.0 Å². The second kappa shape index (κ2) is 8.24. The molecule has 0 bridgehead atoms. The Hall–Kier alpha value is -3.17. The van der Waals surface area contributed by atoms with Gasteiger partial charge in [0.1, 0.15) is 0 Å². The van der Waals surface area contributed by atoms with Crippen molar-refractivity contribution in [3.05, 3.63) is 82.6 Å². The van der Waals surface area contributed by atoms with Crippen molar-refractivity contribution in [1.29, 1.82) is 0 Å². The van der Waals surface area contributed by atoms with Crippen molar-refractivity contribution in [1.82, 2.24) is 10.9 Å². The zero-order chi connectivity index (χ0) is 20.1. The summed E-state index contributed by atoms with van der Waals surface area (Å²) in [5, 5.41) is 1.75. The third-order valence-electron chi connectivity index (χ3n) is 3.93. The SMILES string of the molecule is CN(c1ccccc1)S(=O)(=O)c1ccc(C(=O)NNC(=O)c2cccs2)cc1. The molecule has 2 amide bonds. The van der Waals surface area contributed by atoms with Crippen molar-refractivity contribution < 1.29 is 18.0 Å². The molecule has 28 heavy (non-hydrogen) atoms. The lowest BCUT2D eigenvalue weighted by atomic mass is 10.2. The molecule has 7 nitrogen and oxygen atoms in total. The Labute approximate surface area is 166 Å². The van der Waals surface area contributed by atoms with Gasteiger partial charge in [0.05, 0.1) is 15.5 Å². The fraction of sp³-hybridized carbons (Fsp3) is 0.0526. The maximum Gasteiger partial charge on any atom is 0.279 e. The van der Waals surface area contributed by atoms with E-state index >= 15 is 0 Å². The van der Waals surface area contributed by atoms with Gasteiger partial charge in [-0.25, -0.2) is 8.42 Å². The van der Waals surface area contributed by atoms with Gasteiger partial charge in [-0.1, -0.05) is 24.3 Å².